The number of nitrogens with zero attached hydrogens (tertiary/aromatic N) is 3. The summed E-state index contributed by atoms with van der Waals surface area (Å²) in [4.78, 5) is 41.6. The number of hydrogen-bond donors (Lipinski definition) is 3. The van der Waals surface area contributed by atoms with Crippen LogP contribution in [0.5, 0.6) is 0 Å². The van der Waals surface area contributed by atoms with Gasteiger partial charge < -0.3 is 28.7 Å². The summed E-state index contributed by atoms with van der Waals surface area (Å²) in [5, 5.41) is 0.465. The molecule has 2 atom stereocenters. The highest BCUT2D eigenvalue weighted by molar-refractivity contribution is 7.86. The van der Waals surface area contributed by atoms with E-state index in [-0.39, 0.29) is 88.1 Å². The first-order valence-corrected chi connectivity index (χ1v) is 24.7. The van der Waals surface area contributed by atoms with E-state index in [1.54, 1.807) is 24.3 Å². The SMILES string of the molecule is COCC[N+]1=C(/C=C/C=C2/N(CCOCCOCCC(=O)ON3C(=O)CCC3=O)c3ccc(S(=O)(=O)O)cc3C2(C)CCOC)C(C)(CCCS(=O)(=O)O)c2cc(S(=O)(=O)O)ccc21. The van der Waals surface area contributed by atoms with Crippen molar-refractivity contribution >= 4 is 65.2 Å². The quantitative estimate of drug-likeness (QED) is 0.0590. The lowest BCUT2D eigenvalue weighted by Crippen LogP contribution is -2.33. The fraction of sp³-hybridized carbons (Fsp3) is 0.512. The van der Waals surface area contributed by atoms with Crippen LogP contribution in [0.15, 0.2) is 70.1 Å². The molecule has 23 heteroatoms. The molecule has 1 saturated heterocycles. The zero-order valence-electron chi connectivity index (χ0n) is 35.9. The second-order valence-corrected chi connectivity index (χ2v) is 20.1. The predicted octanol–water partition coefficient (Wildman–Crippen LogP) is 3.14. The minimum absolute atomic E-state index is 0.00362. The number of imide groups is 1. The fourth-order valence-electron chi connectivity index (χ4n) is 8.16. The number of ether oxygens (including phenoxy) is 4. The first kappa shape index (κ1) is 50.6. The van der Waals surface area contributed by atoms with Gasteiger partial charge in [0.1, 0.15) is 6.61 Å². The Morgan fingerprint density at radius 1 is 0.781 bits per heavy atom. The molecule has 2 aromatic rings. The minimum atomic E-state index is -4.63. The number of anilines is 1. The van der Waals surface area contributed by atoms with Gasteiger partial charge in [-0.2, -0.15) is 29.8 Å². The van der Waals surface area contributed by atoms with Crippen LogP contribution in [0.25, 0.3) is 0 Å². The maximum absolute atomic E-state index is 12.4. The Bertz CT molecular complexity index is 2520. The van der Waals surface area contributed by atoms with Crippen LogP contribution in [0.1, 0.15) is 63.5 Å². The molecule has 2 unspecified atom stereocenters. The molecule has 2 aromatic carbocycles. The van der Waals surface area contributed by atoms with Crippen molar-refractivity contribution in [2.75, 3.05) is 77.6 Å². The van der Waals surface area contributed by atoms with Crippen LogP contribution >= 0.6 is 0 Å². The Balaban J connectivity index is 1.45. The van der Waals surface area contributed by atoms with E-state index in [1.165, 1.54) is 38.5 Å². The van der Waals surface area contributed by atoms with Gasteiger partial charge in [-0.3, -0.25) is 23.2 Å². The second-order valence-electron chi connectivity index (χ2n) is 15.7. The molecule has 1 fully saturated rings. The molecule has 352 valence electrons. The van der Waals surface area contributed by atoms with Crippen molar-refractivity contribution in [3.63, 3.8) is 0 Å². The molecule has 5 rings (SSSR count). The van der Waals surface area contributed by atoms with Crippen LogP contribution in [-0.2, 0) is 79.4 Å². The average molecular weight is 957 g/mol. The monoisotopic (exact) mass is 956 g/mol. The molecule has 0 aliphatic carbocycles. The molecule has 3 aliphatic rings. The summed E-state index contributed by atoms with van der Waals surface area (Å²) in [6.45, 7) is 5.07. The molecule has 0 bridgehead atoms. The van der Waals surface area contributed by atoms with Gasteiger partial charge in [-0.25, -0.2) is 4.79 Å². The summed E-state index contributed by atoms with van der Waals surface area (Å²) in [6, 6.07) is 8.48. The average Bonchev–Trinajstić information content (AvgIpc) is 3.75. The van der Waals surface area contributed by atoms with Crippen LogP contribution < -0.4 is 4.90 Å². The largest absolute Gasteiger partial charge is 0.385 e. The van der Waals surface area contributed by atoms with E-state index < -0.39 is 64.7 Å². The van der Waals surface area contributed by atoms with Crippen molar-refractivity contribution in [1.82, 2.24) is 5.06 Å². The normalized spacial score (nSPS) is 20.9. The lowest BCUT2D eigenvalue weighted by Gasteiger charge is -2.30. The molecule has 0 radical (unpaired) electrons. The highest BCUT2D eigenvalue weighted by Crippen LogP contribution is 2.51. The summed E-state index contributed by atoms with van der Waals surface area (Å²) in [5.74, 6) is -2.53. The van der Waals surface area contributed by atoms with Gasteiger partial charge in [0.2, 0.25) is 5.69 Å². The number of fused-ring (bicyclic) bond motifs is 2. The van der Waals surface area contributed by atoms with Crippen molar-refractivity contribution in [2.24, 2.45) is 0 Å². The van der Waals surface area contributed by atoms with E-state index in [1.807, 2.05) is 29.4 Å². The maximum Gasteiger partial charge on any atom is 0.335 e. The number of allylic oxidation sites excluding steroid dienone is 4. The molecular weight excluding hydrogens is 903 g/mol. The highest BCUT2D eigenvalue weighted by Gasteiger charge is 2.48. The van der Waals surface area contributed by atoms with Gasteiger partial charge >= 0.3 is 5.97 Å². The topological polar surface area (TPSA) is 270 Å². The van der Waals surface area contributed by atoms with Crippen LogP contribution in [0.3, 0.4) is 0 Å². The maximum atomic E-state index is 12.4. The third kappa shape index (κ3) is 11.9. The van der Waals surface area contributed by atoms with Crippen molar-refractivity contribution < 1.29 is 81.7 Å². The number of rotatable bonds is 24. The summed E-state index contributed by atoms with van der Waals surface area (Å²) < 4.78 is 127. The zero-order chi connectivity index (χ0) is 47.1. The molecule has 64 heavy (non-hydrogen) atoms. The van der Waals surface area contributed by atoms with Crippen molar-refractivity contribution in [3.05, 3.63) is 71.5 Å². The van der Waals surface area contributed by atoms with E-state index in [9.17, 15) is 53.3 Å². The standard InChI is InChI=1S/C41H53N3O17S3/c1-40(16-6-26-62(48,49)50)31-27-29(63(51,52)53)9-11-33(31)42(18-22-58-4)35(40)7-5-8-36-41(2,17-21-57-3)32-28-30(64(54,55)56)10-12-34(32)43(36)19-23-60-25-24-59-20-15-39(47)61-44-37(45)13-14-38(44)46/h5,7-12,27-28H,6,13-26H2,1-4H3,(H2-,48,49,50,51,52,53,54,55,56)/p+1. The Morgan fingerprint density at radius 3 is 2.00 bits per heavy atom. The second kappa shape index (κ2) is 20.8. The molecule has 3 N–H and O–H groups in total. The summed E-state index contributed by atoms with van der Waals surface area (Å²) >= 11 is 0. The van der Waals surface area contributed by atoms with E-state index in [2.05, 4.69) is 0 Å². The molecule has 3 heterocycles. The highest BCUT2D eigenvalue weighted by atomic mass is 32.2. The van der Waals surface area contributed by atoms with Gasteiger partial charge in [0.15, 0.2) is 12.3 Å². The van der Waals surface area contributed by atoms with E-state index in [4.69, 9.17) is 23.8 Å². The van der Waals surface area contributed by atoms with Crippen LogP contribution in [0.4, 0.5) is 11.4 Å². The lowest BCUT2D eigenvalue weighted by atomic mass is 9.75. The smallest absolute Gasteiger partial charge is 0.335 e. The molecule has 3 aliphatic heterocycles. The minimum Gasteiger partial charge on any atom is -0.385 e. The first-order chi connectivity index (χ1) is 30.0. The number of benzene rings is 2. The molecule has 0 aromatic heterocycles. The van der Waals surface area contributed by atoms with Crippen molar-refractivity contribution in [1.29, 1.82) is 0 Å². The molecule has 2 amide bonds. The Hall–Kier alpha value is -4.43. The first-order valence-electron chi connectivity index (χ1n) is 20.3. The van der Waals surface area contributed by atoms with Crippen molar-refractivity contribution in [2.45, 2.75) is 73.0 Å². The number of carbonyl (C=O) groups is 3. The Morgan fingerprint density at radius 2 is 1.39 bits per heavy atom. The van der Waals surface area contributed by atoms with Crippen LogP contribution in [0.2, 0.25) is 0 Å². The van der Waals surface area contributed by atoms with Gasteiger partial charge in [-0.15, -0.1) is 5.06 Å². The summed E-state index contributed by atoms with van der Waals surface area (Å²) in [7, 11) is -10.5. The molecule has 0 spiro atoms. The molecular formula is C41H54N3O17S3+. The lowest BCUT2D eigenvalue weighted by molar-refractivity contribution is -0.441. The van der Waals surface area contributed by atoms with E-state index >= 15 is 0 Å². The predicted molar refractivity (Wildman–Crippen MR) is 229 cm³/mol. The zero-order valence-corrected chi connectivity index (χ0v) is 38.4. The van der Waals surface area contributed by atoms with Gasteiger partial charge in [0.05, 0.1) is 53.8 Å². The molecule has 0 saturated carbocycles. The number of amides is 2. The number of hydrogen-bond acceptors (Lipinski definition) is 15. The Kier molecular flexibility index (Phi) is 16.4. The van der Waals surface area contributed by atoms with Crippen LogP contribution in [0, 0.1) is 0 Å². The van der Waals surface area contributed by atoms with Gasteiger partial charge in [0.25, 0.3) is 42.2 Å². The third-order valence-electron chi connectivity index (χ3n) is 11.4. The molecule has 20 nitrogen and oxygen atoms in total. The van der Waals surface area contributed by atoms with E-state index in [0.717, 1.165) is 0 Å². The van der Waals surface area contributed by atoms with Gasteiger partial charge in [-0.05, 0) is 75.1 Å². The third-order valence-corrected chi connectivity index (χ3v) is 13.9. The summed E-state index contributed by atoms with van der Waals surface area (Å²) in [5.41, 5.74) is 1.68. The van der Waals surface area contributed by atoms with Gasteiger partial charge in [-0.1, -0.05) is 6.08 Å². The van der Waals surface area contributed by atoms with Crippen molar-refractivity contribution in [3.8, 4) is 0 Å². The number of carbonyl (C=O) groups excluding carboxylic acids is 3. The van der Waals surface area contributed by atoms with Gasteiger partial charge in [0, 0.05) is 74.7 Å². The van der Waals surface area contributed by atoms with Crippen LogP contribution in [-0.4, -0.2) is 145 Å². The van der Waals surface area contributed by atoms with E-state index in [0.29, 0.717) is 51.9 Å². The fourth-order valence-corrected chi connectivity index (χ4v) is 9.68. The number of methoxy groups -OCH3 is 2. The summed E-state index contributed by atoms with van der Waals surface area (Å²) in [6.07, 6.45) is 5.66. The number of hydroxylamine groups is 2. The Labute approximate surface area is 372 Å².